The van der Waals surface area contributed by atoms with E-state index in [2.05, 4.69) is 15.3 Å². The largest absolute Gasteiger partial charge is 0.350 e. The molecule has 2 aromatic heterocycles. The molecule has 0 fully saturated rings. The van der Waals surface area contributed by atoms with Crippen molar-refractivity contribution >= 4 is 11.8 Å². The van der Waals surface area contributed by atoms with Gasteiger partial charge in [-0.2, -0.15) is 0 Å². The Morgan fingerprint density at radius 3 is 2.61 bits per heavy atom. The Morgan fingerprint density at radius 2 is 1.82 bits per heavy atom. The Morgan fingerprint density at radius 1 is 1.04 bits per heavy atom. The van der Waals surface area contributed by atoms with E-state index in [0.29, 0.717) is 38.4 Å². The Balaban J connectivity index is 1.38. The highest BCUT2D eigenvalue weighted by Gasteiger charge is 2.28. The second-order valence-corrected chi connectivity index (χ2v) is 6.72. The molecule has 0 unspecified atom stereocenters. The molecule has 2 amide bonds. The van der Waals surface area contributed by atoms with Gasteiger partial charge < -0.3 is 14.8 Å². The van der Waals surface area contributed by atoms with Gasteiger partial charge >= 0.3 is 0 Å². The molecular weight excluding hydrogens is 354 g/mol. The van der Waals surface area contributed by atoms with Crippen LogP contribution in [0, 0.1) is 0 Å². The molecule has 0 aliphatic carbocycles. The molecule has 142 valence electrons. The third-order valence-corrected chi connectivity index (χ3v) is 4.76. The number of fused-ring (bicyclic) bond motifs is 1. The molecule has 1 aromatic carbocycles. The van der Waals surface area contributed by atoms with Crippen molar-refractivity contribution in [2.45, 2.75) is 19.5 Å². The van der Waals surface area contributed by atoms with Crippen LogP contribution in [0.25, 0.3) is 0 Å². The SMILES string of the molecule is O=C(NCCc1ccncc1)c1cn2c(n1)C(=O)N(Cc1ccccc1)CC2. The quantitative estimate of drug-likeness (QED) is 0.714. The molecular formula is C21H21N5O2. The number of hydrogen-bond donors (Lipinski definition) is 1. The summed E-state index contributed by atoms with van der Waals surface area (Å²) in [4.78, 5) is 35.2. The molecule has 0 atom stereocenters. The van der Waals surface area contributed by atoms with Crippen molar-refractivity contribution in [3.8, 4) is 0 Å². The lowest BCUT2D eigenvalue weighted by Gasteiger charge is -2.27. The molecule has 7 nitrogen and oxygen atoms in total. The summed E-state index contributed by atoms with van der Waals surface area (Å²) >= 11 is 0. The van der Waals surface area contributed by atoms with Crippen LogP contribution >= 0.6 is 0 Å². The summed E-state index contributed by atoms with van der Waals surface area (Å²) in [6, 6.07) is 13.7. The highest BCUT2D eigenvalue weighted by Crippen LogP contribution is 2.16. The standard InChI is InChI=1S/C21H21N5O2/c27-20(23-11-8-16-6-9-22-10-7-16)18-15-25-12-13-26(21(28)19(25)24-18)14-17-4-2-1-3-5-17/h1-7,9-10,15H,8,11-14H2,(H,23,27). The van der Waals surface area contributed by atoms with Crippen LogP contribution in [0.5, 0.6) is 0 Å². The molecule has 7 heteroatoms. The number of hydrogen-bond acceptors (Lipinski definition) is 4. The van der Waals surface area contributed by atoms with Gasteiger partial charge in [0.15, 0.2) is 5.82 Å². The predicted octanol–water partition coefficient (Wildman–Crippen LogP) is 1.91. The number of aromatic nitrogens is 3. The Labute approximate surface area is 163 Å². The van der Waals surface area contributed by atoms with Crippen LogP contribution in [0.1, 0.15) is 32.2 Å². The lowest BCUT2D eigenvalue weighted by molar-refractivity contribution is 0.0683. The maximum atomic E-state index is 12.8. The minimum absolute atomic E-state index is 0.147. The monoisotopic (exact) mass is 375 g/mol. The zero-order valence-corrected chi connectivity index (χ0v) is 15.4. The Bertz CT molecular complexity index is 969. The topological polar surface area (TPSA) is 80.1 Å². The first kappa shape index (κ1) is 17.9. The summed E-state index contributed by atoms with van der Waals surface area (Å²) in [7, 11) is 0. The first-order valence-corrected chi connectivity index (χ1v) is 9.28. The minimum Gasteiger partial charge on any atom is -0.350 e. The van der Waals surface area contributed by atoms with Crippen molar-refractivity contribution in [3.05, 3.63) is 83.7 Å². The van der Waals surface area contributed by atoms with Gasteiger partial charge in [0.25, 0.3) is 11.8 Å². The van der Waals surface area contributed by atoms with Crippen molar-refractivity contribution in [1.82, 2.24) is 24.8 Å². The average molecular weight is 375 g/mol. The van der Waals surface area contributed by atoms with E-state index in [-0.39, 0.29) is 17.5 Å². The van der Waals surface area contributed by atoms with Gasteiger partial charge in [0.05, 0.1) is 0 Å². The van der Waals surface area contributed by atoms with E-state index in [1.165, 1.54) is 0 Å². The van der Waals surface area contributed by atoms with Gasteiger partial charge in [-0.25, -0.2) is 4.98 Å². The number of carbonyl (C=O) groups is 2. The molecule has 3 heterocycles. The van der Waals surface area contributed by atoms with E-state index >= 15 is 0 Å². The van der Waals surface area contributed by atoms with Gasteiger partial charge in [0.1, 0.15) is 5.69 Å². The summed E-state index contributed by atoms with van der Waals surface area (Å²) in [5.41, 5.74) is 2.45. The number of nitrogens with zero attached hydrogens (tertiary/aromatic N) is 4. The van der Waals surface area contributed by atoms with E-state index in [1.807, 2.05) is 42.5 Å². The van der Waals surface area contributed by atoms with Gasteiger partial charge in [0.2, 0.25) is 0 Å². The van der Waals surface area contributed by atoms with E-state index < -0.39 is 0 Å². The maximum Gasteiger partial charge on any atom is 0.290 e. The van der Waals surface area contributed by atoms with Crippen molar-refractivity contribution in [3.63, 3.8) is 0 Å². The van der Waals surface area contributed by atoms with Gasteiger partial charge in [-0.3, -0.25) is 14.6 Å². The predicted molar refractivity (Wildman–Crippen MR) is 104 cm³/mol. The third-order valence-electron chi connectivity index (χ3n) is 4.76. The fourth-order valence-electron chi connectivity index (χ4n) is 3.25. The number of carbonyl (C=O) groups excluding carboxylic acids is 2. The van der Waals surface area contributed by atoms with Crippen LogP contribution in [0.2, 0.25) is 0 Å². The molecule has 1 aliphatic heterocycles. The van der Waals surface area contributed by atoms with E-state index in [9.17, 15) is 9.59 Å². The number of imidazole rings is 1. The number of amides is 2. The fraction of sp³-hybridized carbons (Fsp3) is 0.238. The van der Waals surface area contributed by atoms with Crippen LogP contribution in [-0.4, -0.2) is 44.3 Å². The van der Waals surface area contributed by atoms with Gasteiger partial charge in [0, 0.05) is 44.8 Å². The summed E-state index contributed by atoms with van der Waals surface area (Å²) in [5.74, 6) is -0.0919. The smallest absolute Gasteiger partial charge is 0.290 e. The molecule has 0 saturated heterocycles. The average Bonchev–Trinajstić information content (AvgIpc) is 3.17. The fourth-order valence-corrected chi connectivity index (χ4v) is 3.25. The van der Waals surface area contributed by atoms with Crippen LogP contribution in [0.3, 0.4) is 0 Å². The van der Waals surface area contributed by atoms with E-state index in [1.54, 1.807) is 28.1 Å². The summed E-state index contributed by atoms with van der Waals surface area (Å²) in [6.07, 6.45) is 5.83. The molecule has 28 heavy (non-hydrogen) atoms. The Kier molecular flexibility index (Phi) is 5.14. The van der Waals surface area contributed by atoms with Crippen molar-refractivity contribution in [2.24, 2.45) is 0 Å². The first-order valence-electron chi connectivity index (χ1n) is 9.28. The zero-order valence-electron chi connectivity index (χ0n) is 15.4. The number of pyridine rings is 1. The molecule has 4 rings (SSSR count). The van der Waals surface area contributed by atoms with Crippen LogP contribution < -0.4 is 5.32 Å². The zero-order chi connectivity index (χ0) is 19.3. The molecule has 1 N–H and O–H groups in total. The molecule has 3 aromatic rings. The molecule has 0 radical (unpaired) electrons. The highest BCUT2D eigenvalue weighted by molar-refractivity contribution is 5.96. The second-order valence-electron chi connectivity index (χ2n) is 6.72. The maximum absolute atomic E-state index is 12.8. The summed E-state index contributed by atoms with van der Waals surface area (Å²) in [6.45, 7) is 2.27. The van der Waals surface area contributed by atoms with Crippen molar-refractivity contribution < 1.29 is 9.59 Å². The van der Waals surface area contributed by atoms with Gasteiger partial charge in [-0.1, -0.05) is 30.3 Å². The lowest BCUT2D eigenvalue weighted by Crippen LogP contribution is -2.39. The van der Waals surface area contributed by atoms with Crippen LogP contribution in [0.15, 0.2) is 61.1 Å². The molecule has 0 bridgehead atoms. The van der Waals surface area contributed by atoms with Gasteiger partial charge in [-0.15, -0.1) is 0 Å². The molecule has 0 saturated carbocycles. The summed E-state index contributed by atoms with van der Waals surface area (Å²) < 4.78 is 1.77. The van der Waals surface area contributed by atoms with Gasteiger partial charge in [-0.05, 0) is 29.7 Å². The summed E-state index contributed by atoms with van der Waals surface area (Å²) in [5, 5.41) is 2.86. The number of rotatable bonds is 6. The minimum atomic E-state index is -0.265. The second kappa shape index (κ2) is 8.04. The van der Waals surface area contributed by atoms with Crippen molar-refractivity contribution in [2.75, 3.05) is 13.1 Å². The van der Waals surface area contributed by atoms with Crippen LogP contribution in [-0.2, 0) is 19.5 Å². The number of benzene rings is 1. The molecule has 0 spiro atoms. The highest BCUT2D eigenvalue weighted by atomic mass is 16.2. The van der Waals surface area contributed by atoms with Crippen LogP contribution in [0.4, 0.5) is 0 Å². The first-order chi connectivity index (χ1) is 13.7. The normalized spacial score (nSPS) is 13.3. The lowest BCUT2D eigenvalue weighted by atomic mass is 10.2. The van der Waals surface area contributed by atoms with Crippen molar-refractivity contribution in [1.29, 1.82) is 0 Å². The third kappa shape index (κ3) is 3.93. The number of nitrogens with one attached hydrogen (secondary N) is 1. The Hall–Kier alpha value is -3.48. The molecule has 1 aliphatic rings. The van der Waals surface area contributed by atoms with E-state index in [4.69, 9.17) is 0 Å². The van der Waals surface area contributed by atoms with E-state index in [0.717, 1.165) is 11.1 Å².